The van der Waals surface area contributed by atoms with Crippen molar-refractivity contribution in [3.05, 3.63) is 34.3 Å². The van der Waals surface area contributed by atoms with Gasteiger partial charge in [-0.15, -0.1) is 10.2 Å². The molecule has 0 radical (unpaired) electrons. The van der Waals surface area contributed by atoms with Crippen molar-refractivity contribution in [1.82, 2.24) is 15.5 Å². The summed E-state index contributed by atoms with van der Waals surface area (Å²) in [5.74, 6) is 0. The van der Waals surface area contributed by atoms with Gasteiger partial charge in [0.15, 0.2) is 0 Å². The van der Waals surface area contributed by atoms with Gasteiger partial charge in [-0.05, 0) is 19.0 Å². The highest BCUT2D eigenvalue weighted by Gasteiger charge is 2.08. The van der Waals surface area contributed by atoms with Crippen molar-refractivity contribution in [2.75, 3.05) is 6.54 Å². The van der Waals surface area contributed by atoms with Gasteiger partial charge >= 0.3 is 0 Å². The fourth-order valence-corrected chi connectivity index (χ4v) is 2.57. The van der Waals surface area contributed by atoms with Crippen LogP contribution in [-0.4, -0.2) is 16.7 Å². The van der Waals surface area contributed by atoms with E-state index in [0.29, 0.717) is 0 Å². The van der Waals surface area contributed by atoms with Crippen molar-refractivity contribution < 1.29 is 0 Å². The number of nitrogens with zero attached hydrogens (tertiary/aromatic N) is 2. The SMILES string of the molecule is CCCNCc1nnc(-c2ccccc2Cl)s1. The molecule has 0 atom stereocenters. The highest BCUT2D eigenvalue weighted by molar-refractivity contribution is 7.14. The Morgan fingerprint density at radius 1 is 1.29 bits per heavy atom. The fraction of sp³-hybridized carbons (Fsp3) is 0.333. The molecule has 1 N–H and O–H groups in total. The molecule has 0 amide bonds. The summed E-state index contributed by atoms with van der Waals surface area (Å²) in [5.41, 5.74) is 0.952. The van der Waals surface area contributed by atoms with Gasteiger partial charge in [-0.2, -0.15) is 0 Å². The van der Waals surface area contributed by atoms with Crippen LogP contribution >= 0.6 is 22.9 Å². The topological polar surface area (TPSA) is 37.8 Å². The lowest BCUT2D eigenvalue weighted by atomic mass is 10.2. The van der Waals surface area contributed by atoms with Gasteiger partial charge in [-0.25, -0.2) is 0 Å². The van der Waals surface area contributed by atoms with Gasteiger partial charge < -0.3 is 5.32 Å². The van der Waals surface area contributed by atoms with Crippen molar-refractivity contribution in [3.63, 3.8) is 0 Å². The zero-order valence-corrected chi connectivity index (χ0v) is 11.2. The largest absolute Gasteiger partial charge is 0.310 e. The molecule has 0 unspecified atom stereocenters. The Bertz CT molecular complexity index is 484. The number of aromatic nitrogens is 2. The van der Waals surface area contributed by atoms with Gasteiger partial charge in [0.1, 0.15) is 10.0 Å². The summed E-state index contributed by atoms with van der Waals surface area (Å²) >= 11 is 7.70. The summed E-state index contributed by atoms with van der Waals surface area (Å²) in [7, 11) is 0. The van der Waals surface area contributed by atoms with Crippen molar-refractivity contribution in [3.8, 4) is 10.6 Å². The van der Waals surface area contributed by atoms with Gasteiger partial charge in [0, 0.05) is 12.1 Å². The second-order valence-corrected chi connectivity index (χ2v) is 5.13. The molecular weight excluding hydrogens is 254 g/mol. The third kappa shape index (κ3) is 3.25. The van der Waals surface area contributed by atoms with E-state index >= 15 is 0 Å². The van der Waals surface area contributed by atoms with Crippen LogP contribution in [0.5, 0.6) is 0 Å². The quantitative estimate of drug-likeness (QED) is 0.844. The first-order valence-corrected chi connectivity index (χ1v) is 6.78. The maximum atomic E-state index is 6.12. The minimum atomic E-state index is 0.719. The van der Waals surface area contributed by atoms with Gasteiger partial charge in [0.05, 0.1) is 5.02 Å². The average molecular weight is 268 g/mol. The van der Waals surface area contributed by atoms with Crippen LogP contribution in [-0.2, 0) is 6.54 Å². The highest BCUT2D eigenvalue weighted by Crippen LogP contribution is 2.29. The Balaban J connectivity index is 2.10. The second-order valence-electron chi connectivity index (χ2n) is 3.66. The predicted molar refractivity (Wildman–Crippen MR) is 72.4 cm³/mol. The van der Waals surface area contributed by atoms with Crippen LogP contribution in [0.15, 0.2) is 24.3 Å². The number of rotatable bonds is 5. The molecule has 3 nitrogen and oxygen atoms in total. The van der Waals surface area contributed by atoms with Gasteiger partial charge in [0.2, 0.25) is 0 Å². The molecule has 0 saturated carbocycles. The molecule has 0 bridgehead atoms. The number of hydrogen-bond donors (Lipinski definition) is 1. The van der Waals surface area contributed by atoms with E-state index in [1.165, 1.54) is 0 Å². The summed E-state index contributed by atoms with van der Waals surface area (Å²) in [6.07, 6.45) is 1.12. The van der Waals surface area contributed by atoms with E-state index in [0.717, 1.165) is 40.1 Å². The molecular formula is C12H14ClN3S. The third-order valence-electron chi connectivity index (χ3n) is 2.27. The lowest BCUT2D eigenvalue weighted by Gasteiger charge is -1.98. The van der Waals surface area contributed by atoms with Crippen LogP contribution in [0.2, 0.25) is 5.02 Å². The van der Waals surface area contributed by atoms with E-state index in [2.05, 4.69) is 22.4 Å². The summed E-state index contributed by atoms with van der Waals surface area (Å²) in [6.45, 7) is 3.92. The minimum Gasteiger partial charge on any atom is -0.310 e. The molecule has 0 saturated heterocycles. The standard InChI is InChI=1S/C12H14ClN3S/c1-2-7-14-8-11-15-16-12(17-11)9-5-3-4-6-10(9)13/h3-6,14H,2,7-8H2,1H3. The van der Waals surface area contributed by atoms with Gasteiger partial charge in [-0.3, -0.25) is 0 Å². The number of benzene rings is 1. The Labute approximate surface area is 110 Å². The van der Waals surface area contributed by atoms with Crippen molar-refractivity contribution in [2.24, 2.45) is 0 Å². The van der Waals surface area contributed by atoms with Crippen LogP contribution in [0.4, 0.5) is 0 Å². The second kappa shape index (κ2) is 6.10. The molecule has 90 valence electrons. The Morgan fingerprint density at radius 3 is 2.88 bits per heavy atom. The maximum absolute atomic E-state index is 6.12. The molecule has 17 heavy (non-hydrogen) atoms. The molecule has 0 spiro atoms. The summed E-state index contributed by atoms with van der Waals surface area (Å²) in [5, 5.41) is 14.2. The van der Waals surface area contributed by atoms with Crippen LogP contribution in [0, 0.1) is 0 Å². The molecule has 1 aromatic heterocycles. The molecule has 1 aromatic carbocycles. The Kier molecular flexibility index (Phi) is 4.48. The number of nitrogens with one attached hydrogen (secondary N) is 1. The van der Waals surface area contributed by atoms with E-state index in [1.807, 2.05) is 24.3 Å². The summed E-state index contributed by atoms with van der Waals surface area (Å²) in [4.78, 5) is 0. The van der Waals surface area contributed by atoms with E-state index < -0.39 is 0 Å². The van der Waals surface area contributed by atoms with E-state index in [1.54, 1.807) is 11.3 Å². The van der Waals surface area contributed by atoms with Gasteiger partial charge in [-0.1, -0.05) is 48.1 Å². The average Bonchev–Trinajstić information content (AvgIpc) is 2.79. The lowest BCUT2D eigenvalue weighted by Crippen LogP contribution is -2.13. The first-order valence-electron chi connectivity index (χ1n) is 5.59. The van der Waals surface area contributed by atoms with Crippen LogP contribution in [0.1, 0.15) is 18.4 Å². The first-order chi connectivity index (χ1) is 8.31. The molecule has 2 rings (SSSR count). The van der Waals surface area contributed by atoms with E-state index in [4.69, 9.17) is 11.6 Å². The molecule has 0 aliphatic carbocycles. The molecule has 0 fully saturated rings. The Morgan fingerprint density at radius 2 is 2.12 bits per heavy atom. The Hall–Kier alpha value is -0.970. The summed E-state index contributed by atoms with van der Waals surface area (Å²) < 4.78 is 0. The smallest absolute Gasteiger partial charge is 0.149 e. The van der Waals surface area contributed by atoms with E-state index in [9.17, 15) is 0 Å². The van der Waals surface area contributed by atoms with Crippen LogP contribution < -0.4 is 5.32 Å². The van der Waals surface area contributed by atoms with Crippen molar-refractivity contribution in [2.45, 2.75) is 19.9 Å². The molecule has 5 heteroatoms. The molecule has 0 aliphatic heterocycles. The highest BCUT2D eigenvalue weighted by atomic mass is 35.5. The number of hydrogen-bond acceptors (Lipinski definition) is 4. The zero-order chi connectivity index (χ0) is 12.1. The monoisotopic (exact) mass is 267 g/mol. The molecule has 1 heterocycles. The molecule has 2 aromatic rings. The van der Waals surface area contributed by atoms with Gasteiger partial charge in [0.25, 0.3) is 0 Å². The normalized spacial score (nSPS) is 10.7. The summed E-state index contributed by atoms with van der Waals surface area (Å²) in [6, 6.07) is 7.70. The number of halogens is 1. The first kappa shape index (κ1) is 12.5. The fourth-order valence-electron chi connectivity index (χ4n) is 1.44. The minimum absolute atomic E-state index is 0.719. The maximum Gasteiger partial charge on any atom is 0.149 e. The van der Waals surface area contributed by atoms with E-state index in [-0.39, 0.29) is 0 Å². The van der Waals surface area contributed by atoms with Crippen molar-refractivity contribution in [1.29, 1.82) is 0 Å². The van der Waals surface area contributed by atoms with Crippen molar-refractivity contribution >= 4 is 22.9 Å². The molecule has 0 aliphatic rings. The predicted octanol–water partition coefficient (Wildman–Crippen LogP) is 3.36. The van der Waals surface area contributed by atoms with Crippen LogP contribution in [0.25, 0.3) is 10.6 Å². The lowest BCUT2D eigenvalue weighted by molar-refractivity contribution is 0.668. The van der Waals surface area contributed by atoms with Crippen LogP contribution in [0.3, 0.4) is 0 Å². The zero-order valence-electron chi connectivity index (χ0n) is 9.61. The third-order valence-corrected chi connectivity index (χ3v) is 3.56.